The third-order valence-corrected chi connectivity index (χ3v) is 6.50. The molecule has 182 valence electrons. The van der Waals surface area contributed by atoms with Gasteiger partial charge in [0.05, 0.1) is 23.6 Å². The van der Waals surface area contributed by atoms with Crippen LogP contribution < -0.4 is 4.90 Å². The number of aromatic nitrogens is 5. The lowest BCUT2D eigenvalue weighted by atomic mass is 10.00. The van der Waals surface area contributed by atoms with Crippen LogP contribution in [0.1, 0.15) is 42.7 Å². The molecule has 0 saturated carbocycles. The topological polar surface area (TPSA) is 51.8 Å². The predicted octanol–water partition coefficient (Wildman–Crippen LogP) is 5.82. The van der Waals surface area contributed by atoms with Crippen LogP contribution in [0.2, 0.25) is 0 Å². The summed E-state index contributed by atoms with van der Waals surface area (Å²) in [6.45, 7) is 8.60. The van der Waals surface area contributed by atoms with Crippen LogP contribution in [0.5, 0.6) is 0 Å². The Balaban J connectivity index is 1.44. The Labute approximate surface area is 202 Å². The standard InChI is InChI=1S/C26H27F3N6/c1-16(2)23-20(6-5-11-30-23)24-21-14-34(12-13-35(21)17(3)31-24)19-9-7-18(8-10-19)25-32-22(15-33(25)4)26(27,28)29/h5-11,15-16H,12-14H2,1-4H3. The molecule has 0 unspecified atom stereocenters. The molecule has 35 heavy (non-hydrogen) atoms. The summed E-state index contributed by atoms with van der Waals surface area (Å²) in [6.07, 6.45) is -1.63. The molecule has 1 aliphatic rings. The first kappa shape index (κ1) is 23.1. The van der Waals surface area contributed by atoms with Gasteiger partial charge in [0.2, 0.25) is 0 Å². The maximum Gasteiger partial charge on any atom is 0.434 e. The summed E-state index contributed by atoms with van der Waals surface area (Å²) in [5.41, 5.74) is 4.96. The average Bonchev–Trinajstić information content (AvgIpc) is 3.39. The fourth-order valence-corrected chi connectivity index (χ4v) is 4.75. The predicted molar refractivity (Wildman–Crippen MR) is 129 cm³/mol. The molecule has 9 heteroatoms. The fourth-order valence-electron chi connectivity index (χ4n) is 4.75. The van der Waals surface area contributed by atoms with Crippen molar-refractivity contribution in [2.24, 2.45) is 7.05 Å². The Morgan fingerprint density at radius 3 is 2.40 bits per heavy atom. The molecule has 0 fully saturated rings. The first-order chi connectivity index (χ1) is 16.6. The van der Waals surface area contributed by atoms with Gasteiger partial charge in [0.15, 0.2) is 5.69 Å². The Bertz CT molecular complexity index is 1360. The Morgan fingerprint density at radius 1 is 1.00 bits per heavy atom. The number of alkyl halides is 3. The largest absolute Gasteiger partial charge is 0.434 e. The van der Waals surface area contributed by atoms with Crippen molar-refractivity contribution < 1.29 is 13.2 Å². The number of hydrogen-bond donors (Lipinski definition) is 0. The first-order valence-corrected chi connectivity index (χ1v) is 11.6. The van der Waals surface area contributed by atoms with Crippen LogP contribution in [0.3, 0.4) is 0 Å². The second-order valence-electron chi connectivity index (χ2n) is 9.22. The van der Waals surface area contributed by atoms with Crippen LogP contribution in [0.25, 0.3) is 22.6 Å². The summed E-state index contributed by atoms with van der Waals surface area (Å²) in [6, 6.07) is 11.6. The second kappa shape index (κ2) is 8.55. The third-order valence-electron chi connectivity index (χ3n) is 6.50. The molecule has 1 aliphatic heterocycles. The molecular weight excluding hydrogens is 453 g/mol. The van der Waals surface area contributed by atoms with Gasteiger partial charge < -0.3 is 14.0 Å². The number of imidazole rings is 2. The van der Waals surface area contributed by atoms with E-state index in [1.165, 1.54) is 4.57 Å². The minimum atomic E-state index is -4.47. The van der Waals surface area contributed by atoms with E-state index in [-0.39, 0.29) is 11.7 Å². The van der Waals surface area contributed by atoms with Gasteiger partial charge in [-0.25, -0.2) is 9.97 Å². The highest BCUT2D eigenvalue weighted by Crippen LogP contribution is 2.34. The summed E-state index contributed by atoms with van der Waals surface area (Å²) < 4.78 is 42.8. The van der Waals surface area contributed by atoms with Crippen molar-refractivity contribution in [3.05, 3.63) is 71.7 Å². The number of aryl methyl sites for hydroxylation is 2. The van der Waals surface area contributed by atoms with Gasteiger partial charge >= 0.3 is 6.18 Å². The quantitative estimate of drug-likeness (QED) is 0.370. The van der Waals surface area contributed by atoms with Gasteiger partial charge in [0.1, 0.15) is 11.6 Å². The van der Waals surface area contributed by atoms with Crippen molar-refractivity contribution >= 4 is 5.69 Å². The van der Waals surface area contributed by atoms with E-state index in [1.54, 1.807) is 7.05 Å². The van der Waals surface area contributed by atoms with E-state index in [9.17, 15) is 13.2 Å². The van der Waals surface area contributed by atoms with Crippen LogP contribution in [0.15, 0.2) is 48.8 Å². The lowest BCUT2D eigenvalue weighted by molar-refractivity contribution is -0.140. The van der Waals surface area contributed by atoms with Crippen LogP contribution in [0.4, 0.5) is 18.9 Å². The molecule has 0 atom stereocenters. The van der Waals surface area contributed by atoms with Gasteiger partial charge in [-0.2, -0.15) is 13.2 Å². The summed E-state index contributed by atoms with van der Waals surface area (Å²) in [5.74, 6) is 1.55. The van der Waals surface area contributed by atoms with Crippen molar-refractivity contribution in [3.63, 3.8) is 0 Å². The van der Waals surface area contributed by atoms with E-state index in [2.05, 4.69) is 39.3 Å². The van der Waals surface area contributed by atoms with Crippen molar-refractivity contribution in [2.45, 2.75) is 46.0 Å². The maximum atomic E-state index is 13.1. The molecule has 3 aromatic heterocycles. The monoisotopic (exact) mass is 480 g/mol. The van der Waals surface area contributed by atoms with Crippen LogP contribution in [-0.4, -0.2) is 30.6 Å². The normalized spacial score (nSPS) is 14.0. The fraction of sp³-hybridized carbons (Fsp3) is 0.346. The van der Waals surface area contributed by atoms with Crippen molar-refractivity contribution in [2.75, 3.05) is 11.4 Å². The Kier molecular flexibility index (Phi) is 5.65. The molecule has 0 saturated heterocycles. The van der Waals surface area contributed by atoms with Gasteiger partial charge in [-0.15, -0.1) is 0 Å². The zero-order chi connectivity index (χ0) is 24.9. The molecule has 1 aromatic carbocycles. The molecule has 4 aromatic rings. The number of hydrogen-bond acceptors (Lipinski definition) is 4. The molecule has 0 aliphatic carbocycles. The minimum absolute atomic E-state index is 0.278. The SMILES string of the molecule is Cc1nc(-c2cccnc2C(C)C)c2n1CCN(c1ccc(-c3nc(C(F)(F)F)cn3C)cc1)C2. The summed E-state index contributed by atoms with van der Waals surface area (Å²) in [5, 5.41) is 0. The van der Waals surface area contributed by atoms with Gasteiger partial charge in [0.25, 0.3) is 0 Å². The molecule has 4 heterocycles. The lowest BCUT2D eigenvalue weighted by Gasteiger charge is -2.31. The van der Waals surface area contributed by atoms with Crippen molar-refractivity contribution in [1.29, 1.82) is 0 Å². The van der Waals surface area contributed by atoms with E-state index in [4.69, 9.17) is 4.98 Å². The smallest absolute Gasteiger partial charge is 0.364 e. The number of benzene rings is 1. The molecule has 5 rings (SSSR count). The molecule has 0 spiro atoms. The third kappa shape index (κ3) is 4.19. The number of fused-ring (bicyclic) bond motifs is 1. The molecule has 0 radical (unpaired) electrons. The number of nitrogens with zero attached hydrogens (tertiary/aromatic N) is 6. The first-order valence-electron chi connectivity index (χ1n) is 11.6. The van der Waals surface area contributed by atoms with Gasteiger partial charge in [-0.05, 0) is 49.2 Å². The van der Waals surface area contributed by atoms with E-state index in [0.717, 1.165) is 53.4 Å². The van der Waals surface area contributed by atoms with E-state index < -0.39 is 11.9 Å². The average molecular weight is 481 g/mol. The molecule has 0 N–H and O–H groups in total. The Hall–Kier alpha value is -3.62. The van der Waals surface area contributed by atoms with E-state index in [1.807, 2.05) is 43.5 Å². The van der Waals surface area contributed by atoms with Crippen LogP contribution in [-0.2, 0) is 26.3 Å². The number of rotatable bonds is 4. The minimum Gasteiger partial charge on any atom is -0.364 e. The van der Waals surface area contributed by atoms with Gasteiger partial charge in [0, 0.05) is 49.3 Å². The maximum absolute atomic E-state index is 13.1. The second-order valence-corrected chi connectivity index (χ2v) is 9.22. The van der Waals surface area contributed by atoms with Gasteiger partial charge in [-0.3, -0.25) is 4.98 Å². The van der Waals surface area contributed by atoms with Crippen LogP contribution >= 0.6 is 0 Å². The van der Waals surface area contributed by atoms with Crippen molar-refractivity contribution in [3.8, 4) is 22.6 Å². The highest BCUT2D eigenvalue weighted by Gasteiger charge is 2.34. The van der Waals surface area contributed by atoms with Crippen molar-refractivity contribution in [1.82, 2.24) is 24.1 Å². The molecule has 0 amide bonds. The number of pyridine rings is 1. The Morgan fingerprint density at radius 2 is 1.74 bits per heavy atom. The molecule has 0 bridgehead atoms. The lowest BCUT2D eigenvalue weighted by Crippen LogP contribution is -2.34. The zero-order valence-electron chi connectivity index (χ0n) is 20.1. The number of anilines is 1. The highest BCUT2D eigenvalue weighted by atomic mass is 19.4. The number of halogens is 3. The summed E-state index contributed by atoms with van der Waals surface area (Å²) >= 11 is 0. The van der Waals surface area contributed by atoms with E-state index >= 15 is 0 Å². The van der Waals surface area contributed by atoms with E-state index in [0.29, 0.717) is 12.1 Å². The van der Waals surface area contributed by atoms with Gasteiger partial charge in [-0.1, -0.05) is 13.8 Å². The highest BCUT2D eigenvalue weighted by molar-refractivity contribution is 5.67. The molecular formula is C26H27F3N6. The molecule has 6 nitrogen and oxygen atoms in total. The summed E-state index contributed by atoms with van der Waals surface area (Å²) in [7, 11) is 1.57. The van der Waals surface area contributed by atoms with Crippen LogP contribution in [0, 0.1) is 6.92 Å². The summed E-state index contributed by atoms with van der Waals surface area (Å²) in [4.78, 5) is 15.6. The zero-order valence-corrected chi connectivity index (χ0v) is 20.1.